The Bertz CT molecular complexity index is 1860. The first-order chi connectivity index (χ1) is 17.5. The van der Waals surface area contributed by atoms with Crippen LogP contribution in [0.4, 0.5) is 0 Å². The SMILES string of the molecule is Cc1c(Cl)cccc1-c1ccc(C=Nn2c(-c3cc4cc(Cl)ccc4o3)nc3ccccc3c2=O)o1. The largest absolute Gasteiger partial charge is 0.455 e. The van der Waals surface area contributed by atoms with Crippen molar-refractivity contribution in [2.24, 2.45) is 5.10 Å². The number of fused-ring (bicyclic) bond motifs is 2. The molecule has 6 nitrogen and oxygen atoms in total. The van der Waals surface area contributed by atoms with Crippen LogP contribution in [0, 0.1) is 6.92 Å². The second-order valence-electron chi connectivity index (χ2n) is 8.22. The highest BCUT2D eigenvalue weighted by Gasteiger charge is 2.17. The molecule has 6 rings (SSSR count). The van der Waals surface area contributed by atoms with Crippen molar-refractivity contribution in [2.45, 2.75) is 6.92 Å². The van der Waals surface area contributed by atoms with E-state index in [4.69, 9.17) is 32.0 Å². The van der Waals surface area contributed by atoms with Gasteiger partial charge in [-0.25, -0.2) is 4.98 Å². The lowest BCUT2D eigenvalue weighted by molar-refractivity contribution is 0.573. The van der Waals surface area contributed by atoms with E-state index < -0.39 is 0 Å². The van der Waals surface area contributed by atoms with Crippen molar-refractivity contribution in [1.29, 1.82) is 0 Å². The van der Waals surface area contributed by atoms with E-state index in [1.54, 1.807) is 48.5 Å². The van der Waals surface area contributed by atoms with Crippen LogP contribution in [0.2, 0.25) is 10.0 Å². The maximum atomic E-state index is 13.4. The van der Waals surface area contributed by atoms with Gasteiger partial charge in [0.25, 0.3) is 5.56 Å². The van der Waals surface area contributed by atoms with Crippen LogP contribution in [0.1, 0.15) is 11.3 Å². The normalized spacial score (nSPS) is 11.8. The standard InChI is InChI=1S/C28H17Cl2N3O3/c1-16-20(6-4-7-22(16)30)25-12-10-19(35-25)15-31-33-27(32-23-8-3-2-5-21(23)28(33)34)26-14-17-13-18(29)9-11-24(17)36-26/h2-15H,1H3. The molecule has 3 aromatic heterocycles. The first-order valence-electron chi connectivity index (χ1n) is 11.1. The Morgan fingerprint density at radius 1 is 0.917 bits per heavy atom. The van der Waals surface area contributed by atoms with Crippen molar-refractivity contribution >= 4 is 51.3 Å². The number of furan rings is 2. The average Bonchev–Trinajstić information content (AvgIpc) is 3.52. The first kappa shape index (κ1) is 22.3. The number of rotatable bonds is 4. The molecule has 3 aromatic carbocycles. The van der Waals surface area contributed by atoms with E-state index in [9.17, 15) is 4.79 Å². The lowest BCUT2D eigenvalue weighted by Gasteiger charge is -2.07. The number of hydrogen-bond acceptors (Lipinski definition) is 5. The summed E-state index contributed by atoms with van der Waals surface area (Å²) in [6.45, 7) is 1.93. The number of aromatic nitrogens is 2. The van der Waals surface area contributed by atoms with E-state index in [0.717, 1.165) is 16.5 Å². The summed E-state index contributed by atoms with van der Waals surface area (Å²) in [7, 11) is 0. The van der Waals surface area contributed by atoms with Gasteiger partial charge in [0, 0.05) is 21.0 Å². The fraction of sp³-hybridized carbons (Fsp3) is 0.0357. The van der Waals surface area contributed by atoms with Crippen molar-refractivity contribution < 1.29 is 8.83 Å². The average molecular weight is 514 g/mol. The van der Waals surface area contributed by atoms with E-state index in [2.05, 4.69) is 10.1 Å². The van der Waals surface area contributed by atoms with Crippen LogP contribution in [-0.4, -0.2) is 15.9 Å². The fourth-order valence-electron chi connectivity index (χ4n) is 4.07. The van der Waals surface area contributed by atoms with Gasteiger partial charge in [-0.2, -0.15) is 9.78 Å². The van der Waals surface area contributed by atoms with Crippen molar-refractivity contribution in [3.63, 3.8) is 0 Å². The minimum Gasteiger partial charge on any atom is -0.455 e. The number of benzene rings is 3. The first-order valence-corrected chi connectivity index (χ1v) is 11.8. The van der Waals surface area contributed by atoms with E-state index >= 15 is 0 Å². The van der Waals surface area contributed by atoms with Gasteiger partial charge in [-0.15, -0.1) is 0 Å². The monoisotopic (exact) mass is 513 g/mol. The van der Waals surface area contributed by atoms with Gasteiger partial charge in [0.15, 0.2) is 5.76 Å². The fourth-order valence-corrected chi connectivity index (χ4v) is 4.43. The molecule has 0 saturated heterocycles. The lowest BCUT2D eigenvalue weighted by Crippen LogP contribution is -2.20. The Labute approximate surface area is 215 Å². The van der Waals surface area contributed by atoms with Gasteiger partial charge < -0.3 is 8.83 Å². The Balaban J connectivity index is 1.47. The predicted molar refractivity (Wildman–Crippen MR) is 143 cm³/mol. The zero-order valence-corrected chi connectivity index (χ0v) is 20.4. The van der Waals surface area contributed by atoms with Gasteiger partial charge >= 0.3 is 0 Å². The highest BCUT2D eigenvalue weighted by molar-refractivity contribution is 6.31. The quantitative estimate of drug-likeness (QED) is 0.228. The van der Waals surface area contributed by atoms with Gasteiger partial charge in [-0.1, -0.05) is 47.5 Å². The van der Waals surface area contributed by atoms with E-state index in [1.165, 1.54) is 10.9 Å². The van der Waals surface area contributed by atoms with Crippen LogP contribution in [0.15, 0.2) is 97.6 Å². The number of para-hydroxylation sites is 1. The van der Waals surface area contributed by atoms with Crippen molar-refractivity contribution in [2.75, 3.05) is 0 Å². The molecule has 0 unspecified atom stereocenters. The van der Waals surface area contributed by atoms with Crippen molar-refractivity contribution in [3.05, 3.63) is 111 Å². The van der Waals surface area contributed by atoms with Crippen LogP contribution < -0.4 is 5.56 Å². The maximum Gasteiger partial charge on any atom is 0.282 e. The third-order valence-electron chi connectivity index (χ3n) is 5.91. The summed E-state index contributed by atoms with van der Waals surface area (Å²) < 4.78 is 13.2. The summed E-state index contributed by atoms with van der Waals surface area (Å²) in [4.78, 5) is 18.1. The summed E-state index contributed by atoms with van der Waals surface area (Å²) in [5.74, 6) is 1.77. The molecule has 0 spiro atoms. The molecular weight excluding hydrogens is 497 g/mol. The molecule has 0 fully saturated rings. The van der Waals surface area contributed by atoms with Gasteiger partial charge in [-0.3, -0.25) is 4.79 Å². The molecule has 0 atom stereocenters. The molecule has 8 heteroatoms. The van der Waals surface area contributed by atoms with Gasteiger partial charge in [0.2, 0.25) is 5.82 Å². The third kappa shape index (κ3) is 3.90. The van der Waals surface area contributed by atoms with Crippen LogP contribution in [0.5, 0.6) is 0 Å². The Hall–Kier alpha value is -4.13. The smallest absolute Gasteiger partial charge is 0.282 e. The molecule has 3 heterocycles. The zero-order chi connectivity index (χ0) is 24.8. The summed E-state index contributed by atoms with van der Waals surface area (Å²) in [5, 5.41) is 6.92. The lowest BCUT2D eigenvalue weighted by atomic mass is 10.1. The predicted octanol–water partition coefficient (Wildman–Crippen LogP) is 7.57. The Morgan fingerprint density at radius 3 is 2.67 bits per heavy atom. The zero-order valence-electron chi connectivity index (χ0n) is 18.9. The Morgan fingerprint density at radius 2 is 1.78 bits per heavy atom. The molecule has 0 saturated carbocycles. The molecule has 0 aliphatic carbocycles. The minimum atomic E-state index is -0.331. The molecule has 0 aliphatic heterocycles. The van der Waals surface area contributed by atoms with Crippen LogP contribution in [0.3, 0.4) is 0 Å². The molecule has 0 amide bonds. The van der Waals surface area contributed by atoms with Crippen molar-refractivity contribution in [1.82, 2.24) is 9.66 Å². The molecule has 176 valence electrons. The molecule has 0 radical (unpaired) electrons. The molecule has 0 N–H and O–H groups in total. The highest BCUT2D eigenvalue weighted by atomic mass is 35.5. The summed E-state index contributed by atoms with van der Waals surface area (Å²) in [5.41, 5.74) is 2.63. The summed E-state index contributed by atoms with van der Waals surface area (Å²) in [6.07, 6.45) is 1.48. The van der Waals surface area contributed by atoms with Crippen LogP contribution in [-0.2, 0) is 0 Å². The van der Waals surface area contributed by atoms with Gasteiger partial charge in [-0.05, 0) is 67.1 Å². The number of halogens is 2. The topological polar surface area (TPSA) is 73.5 Å². The molecule has 0 aliphatic rings. The molecule has 36 heavy (non-hydrogen) atoms. The van der Waals surface area contributed by atoms with E-state index in [1.807, 2.05) is 37.3 Å². The molecular formula is C28H17Cl2N3O3. The highest BCUT2D eigenvalue weighted by Crippen LogP contribution is 2.30. The third-order valence-corrected chi connectivity index (χ3v) is 6.56. The van der Waals surface area contributed by atoms with Gasteiger partial charge in [0.1, 0.15) is 17.1 Å². The number of hydrogen-bond donors (Lipinski definition) is 0. The van der Waals surface area contributed by atoms with Crippen molar-refractivity contribution in [3.8, 4) is 22.9 Å². The molecule has 6 aromatic rings. The van der Waals surface area contributed by atoms with E-state index in [-0.39, 0.29) is 11.4 Å². The second-order valence-corrected chi connectivity index (χ2v) is 9.06. The minimum absolute atomic E-state index is 0.264. The Kier molecular flexibility index (Phi) is 5.48. The van der Waals surface area contributed by atoms with E-state index in [0.29, 0.717) is 43.8 Å². The molecule has 0 bridgehead atoms. The van der Waals surface area contributed by atoms with Crippen LogP contribution >= 0.6 is 23.2 Å². The maximum absolute atomic E-state index is 13.4. The summed E-state index contributed by atoms with van der Waals surface area (Å²) >= 11 is 12.4. The summed E-state index contributed by atoms with van der Waals surface area (Å²) in [6, 6.07) is 23.5. The van der Waals surface area contributed by atoms with Crippen LogP contribution in [0.25, 0.3) is 44.8 Å². The second kappa shape index (κ2) is 8.82. The number of nitrogens with zero attached hydrogens (tertiary/aromatic N) is 3. The van der Waals surface area contributed by atoms with Gasteiger partial charge in [0.05, 0.1) is 17.1 Å².